The summed E-state index contributed by atoms with van der Waals surface area (Å²) in [5.41, 5.74) is 2.95. The summed E-state index contributed by atoms with van der Waals surface area (Å²) in [6.45, 7) is 4.69. The Morgan fingerprint density at radius 3 is 2.71 bits per heavy atom. The molecule has 4 atom stereocenters. The minimum atomic E-state index is 0.363. The molecule has 0 radical (unpaired) electrons. The van der Waals surface area contributed by atoms with E-state index in [-0.39, 0.29) is 0 Å². The Balaban J connectivity index is 1.91. The first-order valence-corrected chi connectivity index (χ1v) is 5.46. The number of nitrogens with two attached hydrogens (primary N) is 1. The highest BCUT2D eigenvalue weighted by Crippen LogP contribution is 2.29. The molecule has 3 N–H and O–H groups in total. The van der Waals surface area contributed by atoms with E-state index in [2.05, 4.69) is 12.3 Å². The van der Waals surface area contributed by atoms with Crippen LogP contribution in [-0.4, -0.2) is 32.0 Å². The van der Waals surface area contributed by atoms with Gasteiger partial charge in [-0.05, 0) is 19.8 Å². The van der Waals surface area contributed by atoms with Crippen LogP contribution < -0.4 is 11.3 Å². The van der Waals surface area contributed by atoms with Crippen molar-refractivity contribution >= 4 is 0 Å². The van der Waals surface area contributed by atoms with E-state index in [1.807, 2.05) is 0 Å². The lowest BCUT2D eigenvalue weighted by Gasteiger charge is -2.26. The van der Waals surface area contributed by atoms with Crippen LogP contribution in [0.5, 0.6) is 0 Å². The molecule has 2 heterocycles. The third kappa shape index (κ3) is 2.08. The van der Waals surface area contributed by atoms with Crippen molar-refractivity contribution < 1.29 is 9.47 Å². The zero-order valence-electron chi connectivity index (χ0n) is 8.74. The summed E-state index contributed by atoms with van der Waals surface area (Å²) in [6, 6.07) is 0.363. The van der Waals surface area contributed by atoms with Gasteiger partial charge in [0, 0.05) is 24.5 Å². The first-order chi connectivity index (χ1) is 6.81. The number of rotatable bonds is 3. The second kappa shape index (κ2) is 4.57. The summed E-state index contributed by atoms with van der Waals surface area (Å²) < 4.78 is 11.0. The molecule has 2 aliphatic rings. The van der Waals surface area contributed by atoms with Gasteiger partial charge in [0.2, 0.25) is 0 Å². The predicted octanol–water partition coefficient (Wildman–Crippen LogP) is 0.280. The summed E-state index contributed by atoms with van der Waals surface area (Å²) in [7, 11) is 0. The van der Waals surface area contributed by atoms with E-state index in [1.54, 1.807) is 0 Å². The minimum Gasteiger partial charge on any atom is -0.381 e. The SMILES string of the molecule is CC1CC(C(NN)C2CCOC2)CO1. The second-order valence-electron chi connectivity index (χ2n) is 4.46. The monoisotopic (exact) mass is 200 g/mol. The minimum absolute atomic E-state index is 0.363. The number of hydrogen-bond acceptors (Lipinski definition) is 4. The molecule has 4 nitrogen and oxygen atoms in total. The van der Waals surface area contributed by atoms with Crippen molar-refractivity contribution in [2.24, 2.45) is 17.7 Å². The molecule has 0 amide bonds. The molecule has 0 aliphatic carbocycles. The molecule has 0 aromatic carbocycles. The van der Waals surface area contributed by atoms with Gasteiger partial charge in [-0.25, -0.2) is 0 Å². The van der Waals surface area contributed by atoms with Crippen molar-refractivity contribution in [3.63, 3.8) is 0 Å². The van der Waals surface area contributed by atoms with Gasteiger partial charge in [0.1, 0.15) is 0 Å². The Kier molecular flexibility index (Phi) is 3.38. The summed E-state index contributed by atoms with van der Waals surface area (Å²) >= 11 is 0. The van der Waals surface area contributed by atoms with Crippen LogP contribution in [0.15, 0.2) is 0 Å². The van der Waals surface area contributed by atoms with Crippen LogP contribution in [0.1, 0.15) is 19.8 Å². The molecule has 4 heteroatoms. The van der Waals surface area contributed by atoms with Crippen LogP contribution in [0.3, 0.4) is 0 Å². The van der Waals surface area contributed by atoms with E-state index in [1.165, 1.54) is 0 Å². The van der Waals surface area contributed by atoms with Crippen LogP contribution in [0.25, 0.3) is 0 Å². The van der Waals surface area contributed by atoms with Gasteiger partial charge < -0.3 is 9.47 Å². The first-order valence-electron chi connectivity index (χ1n) is 5.46. The maximum absolute atomic E-state index is 5.62. The van der Waals surface area contributed by atoms with Gasteiger partial charge >= 0.3 is 0 Å². The van der Waals surface area contributed by atoms with E-state index in [0.717, 1.165) is 32.7 Å². The van der Waals surface area contributed by atoms with Gasteiger partial charge in [0.15, 0.2) is 0 Å². The van der Waals surface area contributed by atoms with E-state index in [4.69, 9.17) is 15.3 Å². The number of hydrogen-bond donors (Lipinski definition) is 2. The van der Waals surface area contributed by atoms with Gasteiger partial charge in [-0.2, -0.15) is 0 Å². The van der Waals surface area contributed by atoms with Crippen molar-refractivity contribution in [2.45, 2.75) is 31.9 Å². The molecule has 2 saturated heterocycles. The smallest absolute Gasteiger partial charge is 0.0551 e. The lowest BCUT2D eigenvalue weighted by Crippen LogP contribution is -2.46. The zero-order chi connectivity index (χ0) is 9.97. The molecule has 0 spiro atoms. The summed E-state index contributed by atoms with van der Waals surface area (Å²) in [4.78, 5) is 0. The Morgan fingerprint density at radius 1 is 1.36 bits per heavy atom. The quantitative estimate of drug-likeness (QED) is 0.507. The maximum atomic E-state index is 5.62. The Labute approximate surface area is 85.1 Å². The van der Waals surface area contributed by atoms with E-state index in [0.29, 0.717) is 24.0 Å². The Hall–Kier alpha value is -0.160. The normalized spacial score (nSPS) is 40.3. The summed E-state index contributed by atoms with van der Waals surface area (Å²) in [5.74, 6) is 6.74. The molecule has 2 aliphatic heterocycles. The van der Waals surface area contributed by atoms with Gasteiger partial charge in [-0.15, -0.1) is 0 Å². The Bertz CT molecular complexity index is 183. The highest BCUT2D eigenvalue weighted by atomic mass is 16.5. The zero-order valence-corrected chi connectivity index (χ0v) is 8.74. The van der Waals surface area contributed by atoms with Crippen molar-refractivity contribution in [1.82, 2.24) is 5.43 Å². The maximum Gasteiger partial charge on any atom is 0.0551 e. The number of ether oxygens (including phenoxy) is 2. The summed E-state index contributed by atoms with van der Waals surface area (Å²) in [6.07, 6.45) is 2.63. The van der Waals surface area contributed by atoms with Crippen LogP contribution in [0, 0.1) is 11.8 Å². The molecule has 0 saturated carbocycles. The molecule has 0 aromatic rings. The van der Waals surface area contributed by atoms with Gasteiger partial charge in [0.05, 0.1) is 19.3 Å². The van der Waals surface area contributed by atoms with Crippen molar-refractivity contribution in [1.29, 1.82) is 0 Å². The van der Waals surface area contributed by atoms with Gasteiger partial charge in [-0.1, -0.05) is 0 Å². The molecular formula is C10H20N2O2. The average molecular weight is 200 g/mol. The van der Waals surface area contributed by atoms with Gasteiger partial charge in [0.25, 0.3) is 0 Å². The largest absolute Gasteiger partial charge is 0.381 e. The van der Waals surface area contributed by atoms with Gasteiger partial charge in [-0.3, -0.25) is 11.3 Å². The van der Waals surface area contributed by atoms with E-state index in [9.17, 15) is 0 Å². The molecule has 2 rings (SSSR count). The average Bonchev–Trinajstić information content (AvgIpc) is 2.79. The summed E-state index contributed by atoms with van der Waals surface area (Å²) in [5, 5.41) is 0. The predicted molar refractivity (Wildman–Crippen MR) is 53.6 cm³/mol. The first kappa shape index (κ1) is 10.4. The second-order valence-corrected chi connectivity index (χ2v) is 4.46. The Morgan fingerprint density at radius 2 is 2.21 bits per heavy atom. The molecule has 0 bridgehead atoms. The third-order valence-corrected chi connectivity index (χ3v) is 3.40. The fourth-order valence-electron chi connectivity index (χ4n) is 2.59. The molecule has 2 fully saturated rings. The molecule has 0 aromatic heterocycles. The van der Waals surface area contributed by atoms with E-state index >= 15 is 0 Å². The van der Waals surface area contributed by atoms with Crippen LogP contribution in [-0.2, 0) is 9.47 Å². The lowest BCUT2D eigenvalue weighted by molar-refractivity contribution is 0.111. The number of nitrogens with one attached hydrogen (secondary N) is 1. The van der Waals surface area contributed by atoms with Crippen molar-refractivity contribution in [3.05, 3.63) is 0 Å². The highest BCUT2D eigenvalue weighted by molar-refractivity contribution is 4.87. The molecular weight excluding hydrogens is 180 g/mol. The fraction of sp³-hybridized carbons (Fsp3) is 1.00. The lowest BCUT2D eigenvalue weighted by atomic mass is 9.86. The topological polar surface area (TPSA) is 56.5 Å². The standard InChI is InChI=1S/C10H20N2O2/c1-7-4-9(6-14-7)10(12-11)8-2-3-13-5-8/h7-10,12H,2-6,11H2,1H3. The third-order valence-electron chi connectivity index (χ3n) is 3.40. The molecule has 82 valence electrons. The van der Waals surface area contributed by atoms with E-state index < -0.39 is 0 Å². The van der Waals surface area contributed by atoms with Crippen LogP contribution >= 0.6 is 0 Å². The van der Waals surface area contributed by atoms with Crippen molar-refractivity contribution in [2.75, 3.05) is 19.8 Å². The molecule has 4 unspecified atom stereocenters. The highest BCUT2D eigenvalue weighted by Gasteiger charge is 2.35. The van der Waals surface area contributed by atoms with Crippen molar-refractivity contribution in [3.8, 4) is 0 Å². The molecule has 14 heavy (non-hydrogen) atoms. The van der Waals surface area contributed by atoms with Crippen LogP contribution in [0.2, 0.25) is 0 Å². The fourth-order valence-corrected chi connectivity index (χ4v) is 2.59. The number of hydrazine groups is 1. The van der Waals surface area contributed by atoms with Crippen LogP contribution in [0.4, 0.5) is 0 Å².